The molecule has 0 aromatic carbocycles. The normalized spacial score (nSPS) is 34.5. The van der Waals surface area contributed by atoms with Crippen LogP contribution in [-0.4, -0.2) is 25.0 Å². The third kappa shape index (κ3) is 2.63. The lowest BCUT2D eigenvalue weighted by Gasteiger charge is -2.38. The molecule has 0 atom stereocenters. The average molecular weight is 259 g/mol. The van der Waals surface area contributed by atoms with E-state index in [2.05, 4.69) is 11.6 Å². The molecule has 0 bridgehead atoms. The van der Waals surface area contributed by atoms with Gasteiger partial charge in [0.2, 0.25) is 10.0 Å². The fourth-order valence-electron chi connectivity index (χ4n) is 2.42. The van der Waals surface area contributed by atoms with Crippen molar-refractivity contribution in [3.05, 3.63) is 0 Å². The Bertz CT molecular complexity index is 406. The first-order chi connectivity index (χ1) is 7.86. The number of sulfonamides is 1. The van der Waals surface area contributed by atoms with Crippen molar-refractivity contribution >= 4 is 15.9 Å². The molecule has 0 aromatic heterocycles. The van der Waals surface area contributed by atoms with Gasteiger partial charge in [-0.3, -0.25) is 5.41 Å². The second-order valence-corrected chi connectivity index (χ2v) is 7.49. The number of hydrogen-bond acceptors (Lipinski definition) is 3. The Labute approximate surface area is 103 Å². The van der Waals surface area contributed by atoms with Gasteiger partial charge in [-0.05, 0) is 44.4 Å². The van der Waals surface area contributed by atoms with Crippen LogP contribution in [0.4, 0.5) is 0 Å². The van der Waals surface area contributed by atoms with Crippen molar-refractivity contribution in [3.8, 4) is 0 Å². The maximum Gasteiger partial charge on any atom is 0.215 e. The Kier molecular flexibility index (Phi) is 3.20. The molecule has 2 aliphatic carbocycles. The van der Waals surface area contributed by atoms with Gasteiger partial charge in [0, 0.05) is 0 Å². The Morgan fingerprint density at radius 3 is 2.24 bits per heavy atom. The Morgan fingerprint density at radius 1 is 1.29 bits per heavy atom. The molecule has 2 fully saturated rings. The zero-order valence-electron chi connectivity index (χ0n) is 10.2. The average Bonchev–Trinajstić information content (AvgIpc) is 3.04. The van der Waals surface area contributed by atoms with E-state index in [1.807, 2.05) is 0 Å². The summed E-state index contributed by atoms with van der Waals surface area (Å²) in [5.74, 6) is 0.557. The number of amidine groups is 1. The van der Waals surface area contributed by atoms with Crippen LogP contribution in [0.1, 0.15) is 45.4 Å². The highest BCUT2D eigenvalue weighted by Gasteiger charge is 2.45. The summed E-state index contributed by atoms with van der Waals surface area (Å²) >= 11 is 0. The predicted octanol–water partition coefficient (Wildman–Crippen LogP) is 0.953. The summed E-state index contributed by atoms with van der Waals surface area (Å²) in [6, 6.07) is 0. The molecule has 2 aliphatic rings. The van der Waals surface area contributed by atoms with Crippen LogP contribution in [0, 0.1) is 11.3 Å². The molecule has 0 unspecified atom stereocenters. The molecular formula is C11H21N3O2S. The minimum atomic E-state index is -3.28. The van der Waals surface area contributed by atoms with Crippen LogP contribution in [0.15, 0.2) is 0 Å². The third-order valence-corrected chi connectivity index (χ3v) is 5.97. The van der Waals surface area contributed by atoms with Crippen molar-refractivity contribution in [2.75, 3.05) is 0 Å². The molecule has 0 saturated heterocycles. The molecule has 0 aliphatic heterocycles. The van der Waals surface area contributed by atoms with Gasteiger partial charge in [0.05, 0.1) is 10.8 Å². The van der Waals surface area contributed by atoms with E-state index in [1.54, 1.807) is 0 Å². The molecule has 4 N–H and O–H groups in total. The van der Waals surface area contributed by atoms with Gasteiger partial charge in [0.15, 0.2) is 0 Å². The quantitative estimate of drug-likeness (QED) is 0.518. The summed E-state index contributed by atoms with van der Waals surface area (Å²) in [5.41, 5.74) is 4.82. The van der Waals surface area contributed by atoms with Crippen molar-refractivity contribution in [2.45, 2.75) is 56.2 Å². The van der Waals surface area contributed by atoms with E-state index in [0.717, 1.165) is 25.7 Å². The maximum absolute atomic E-state index is 12.0. The molecule has 0 spiro atoms. The monoisotopic (exact) mass is 259 g/mol. The van der Waals surface area contributed by atoms with E-state index in [-0.39, 0.29) is 11.1 Å². The summed E-state index contributed by atoms with van der Waals surface area (Å²) in [5, 5.41) is 7.44. The van der Waals surface area contributed by atoms with Crippen molar-refractivity contribution in [3.63, 3.8) is 0 Å². The molecule has 0 heterocycles. The van der Waals surface area contributed by atoms with Crippen LogP contribution in [0.25, 0.3) is 0 Å². The molecule has 0 radical (unpaired) electrons. The minimum Gasteiger partial charge on any atom is -0.386 e. The summed E-state index contributed by atoms with van der Waals surface area (Å²) in [7, 11) is -3.28. The maximum atomic E-state index is 12.0. The van der Waals surface area contributed by atoms with Crippen LogP contribution < -0.4 is 10.5 Å². The summed E-state index contributed by atoms with van der Waals surface area (Å²) < 4.78 is 26.7. The summed E-state index contributed by atoms with van der Waals surface area (Å²) in [6.45, 7) is 2.15. The van der Waals surface area contributed by atoms with Crippen LogP contribution >= 0.6 is 0 Å². The lowest BCUT2D eigenvalue weighted by Crippen LogP contribution is -2.59. The fourth-order valence-corrected chi connectivity index (χ4v) is 4.20. The van der Waals surface area contributed by atoms with Gasteiger partial charge in [-0.1, -0.05) is 6.92 Å². The van der Waals surface area contributed by atoms with E-state index in [0.29, 0.717) is 18.8 Å². The van der Waals surface area contributed by atoms with Crippen molar-refractivity contribution in [1.82, 2.24) is 4.72 Å². The molecule has 0 amide bonds. The van der Waals surface area contributed by atoms with E-state index >= 15 is 0 Å². The topological polar surface area (TPSA) is 96.0 Å². The van der Waals surface area contributed by atoms with E-state index in [9.17, 15) is 8.42 Å². The Morgan fingerprint density at radius 2 is 1.82 bits per heavy atom. The lowest BCUT2D eigenvalue weighted by molar-refractivity contribution is 0.285. The van der Waals surface area contributed by atoms with E-state index < -0.39 is 15.6 Å². The first-order valence-corrected chi connectivity index (χ1v) is 7.78. The van der Waals surface area contributed by atoms with Crippen LogP contribution in [0.5, 0.6) is 0 Å². The van der Waals surface area contributed by atoms with Crippen molar-refractivity contribution in [1.29, 1.82) is 5.41 Å². The lowest BCUT2D eigenvalue weighted by atomic mass is 9.77. The predicted molar refractivity (Wildman–Crippen MR) is 67.4 cm³/mol. The highest BCUT2D eigenvalue weighted by atomic mass is 32.2. The molecule has 2 saturated carbocycles. The number of rotatable bonds is 4. The van der Waals surface area contributed by atoms with Gasteiger partial charge < -0.3 is 5.73 Å². The van der Waals surface area contributed by atoms with Gasteiger partial charge in [-0.15, -0.1) is 0 Å². The smallest absolute Gasteiger partial charge is 0.215 e. The Balaban J connectivity index is 2.15. The summed E-state index contributed by atoms with van der Waals surface area (Å²) in [6.07, 6.45) is 4.61. The molecule has 5 nitrogen and oxygen atoms in total. The molecule has 17 heavy (non-hydrogen) atoms. The van der Waals surface area contributed by atoms with Crippen molar-refractivity contribution in [2.24, 2.45) is 11.7 Å². The Hall–Kier alpha value is -0.620. The fraction of sp³-hybridized carbons (Fsp3) is 0.909. The van der Waals surface area contributed by atoms with Crippen molar-refractivity contribution < 1.29 is 8.42 Å². The van der Waals surface area contributed by atoms with Gasteiger partial charge in [-0.2, -0.15) is 0 Å². The standard InChI is InChI=1S/C11H21N3O2S/c1-8-4-6-11(7-5-8,10(12)13)14-17(15,16)9-2-3-9/h8-9,14H,2-7H2,1H3,(H3,12,13). The molecule has 98 valence electrons. The first kappa shape index (κ1) is 12.8. The third-order valence-electron chi connectivity index (χ3n) is 3.94. The second-order valence-electron chi connectivity index (χ2n) is 5.52. The van der Waals surface area contributed by atoms with E-state index in [4.69, 9.17) is 11.1 Å². The van der Waals surface area contributed by atoms with E-state index in [1.165, 1.54) is 0 Å². The molecule has 0 aromatic rings. The zero-order chi connectivity index (χ0) is 12.7. The second kappa shape index (κ2) is 4.24. The van der Waals surface area contributed by atoms with Gasteiger partial charge in [0.25, 0.3) is 0 Å². The van der Waals surface area contributed by atoms with Gasteiger partial charge >= 0.3 is 0 Å². The minimum absolute atomic E-state index is 0.0337. The SMILES string of the molecule is CC1CCC(NS(=O)(=O)C2CC2)(C(=N)N)CC1. The van der Waals surface area contributed by atoms with Gasteiger partial charge in [-0.25, -0.2) is 13.1 Å². The first-order valence-electron chi connectivity index (χ1n) is 6.23. The van der Waals surface area contributed by atoms with Gasteiger partial charge in [0.1, 0.15) is 5.84 Å². The summed E-state index contributed by atoms with van der Waals surface area (Å²) in [4.78, 5) is 0. The number of hydrogen-bond donors (Lipinski definition) is 3. The highest BCUT2D eigenvalue weighted by molar-refractivity contribution is 7.90. The molecular weight excluding hydrogens is 238 g/mol. The van der Waals surface area contributed by atoms with Crippen LogP contribution in [0.3, 0.4) is 0 Å². The highest BCUT2D eigenvalue weighted by Crippen LogP contribution is 2.35. The number of nitrogens with one attached hydrogen (secondary N) is 2. The largest absolute Gasteiger partial charge is 0.386 e. The zero-order valence-corrected chi connectivity index (χ0v) is 11.0. The van der Waals surface area contributed by atoms with Crippen LogP contribution in [0.2, 0.25) is 0 Å². The van der Waals surface area contributed by atoms with Crippen LogP contribution in [-0.2, 0) is 10.0 Å². The molecule has 6 heteroatoms. The number of nitrogens with two attached hydrogens (primary N) is 1. The molecule has 2 rings (SSSR count).